The summed E-state index contributed by atoms with van der Waals surface area (Å²) < 4.78 is 10.8. The van der Waals surface area contributed by atoms with Crippen molar-refractivity contribution in [3.63, 3.8) is 0 Å². The molecule has 1 saturated heterocycles. The molecule has 1 aromatic rings. The number of methoxy groups -OCH3 is 1. The highest BCUT2D eigenvalue weighted by Gasteiger charge is 2.23. The van der Waals surface area contributed by atoms with Crippen LogP contribution in [0.25, 0.3) is 0 Å². The first-order valence-corrected chi connectivity index (χ1v) is 8.81. The normalized spacial score (nSPS) is 18.7. The van der Waals surface area contributed by atoms with E-state index in [1.54, 1.807) is 12.0 Å². The Labute approximate surface area is 145 Å². The first-order valence-electron chi connectivity index (χ1n) is 8.81. The average Bonchev–Trinajstić information content (AvgIpc) is 2.62. The van der Waals surface area contributed by atoms with Gasteiger partial charge in [0, 0.05) is 13.5 Å². The van der Waals surface area contributed by atoms with Crippen molar-refractivity contribution in [2.24, 2.45) is 11.8 Å². The Bertz CT molecular complexity index is 498. The minimum Gasteiger partial charge on any atom is -0.497 e. The predicted molar refractivity (Wildman–Crippen MR) is 95.5 cm³/mol. The highest BCUT2D eigenvalue weighted by Crippen LogP contribution is 2.23. The van der Waals surface area contributed by atoms with Gasteiger partial charge in [-0.05, 0) is 62.0 Å². The molecule has 1 aliphatic heterocycles. The Morgan fingerprint density at radius 1 is 1.33 bits per heavy atom. The van der Waals surface area contributed by atoms with E-state index in [9.17, 15) is 4.79 Å². The van der Waals surface area contributed by atoms with E-state index >= 15 is 0 Å². The number of hydrogen-bond acceptors (Lipinski definition) is 4. The number of carbonyl (C=O) groups is 1. The number of benzene rings is 1. The van der Waals surface area contributed by atoms with Crippen LogP contribution in [0.3, 0.4) is 0 Å². The number of hydrogen-bond donors (Lipinski definition) is 1. The van der Waals surface area contributed by atoms with Crippen molar-refractivity contribution in [3.05, 3.63) is 24.3 Å². The molecule has 1 amide bonds. The molecule has 134 valence electrons. The second-order valence-electron chi connectivity index (χ2n) is 6.63. The van der Waals surface area contributed by atoms with Crippen molar-refractivity contribution in [2.45, 2.75) is 26.2 Å². The fourth-order valence-corrected chi connectivity index (χ4v) is 3.06. The number of likely N-dealkylation sites (N-methyl/N-ethyl adjacent to an activating group) is 1. The summed E-state index contributed by atoms with van der Waals surface area (Å²) in [5, 5.41) is 3.42. The fraction of sp³-hybridized carbons (Fsp3) is 0.632. The molecule has 0 aliphatic carbocycles. The van der Waals surface area contributed by atoms with Gasteiger partial charge in [0.25, 0.3) is 0 Å². The molecule has 0 bridgehead atoms. The van der Waals surface area contributed by atoms with Crippen LogP contribution in [-0.2, 0) is 4.79 Å². The van der Waals surface area contributed by atoms with E-state index in [1.165, 1.54) is 12.8 Å². The van der Waals surface area contributed by atoms with E-state index in [0.29, 0.717) is 31.4 Å². The van der Waals surface area contributed by atoms with Gasteiger partial charge < -0.3 is 19.7 Å². The molecular formula is C19H30N2O3. The molecule has 5 heteroatoms. The second-order valence-corrected chi connectivity index (χ2v) is 6.63. The lowest BCUT2D eigenvalue weighted by Crippen LogP contribution is -2.37. The van der Waals surface area contributed by atoms with Gasteiger partial charge in [0.15, 0.2) is 0 Å². The Morgan fingerprint density at radius 3 is 2.67 bits per heavy atom. The third-order valence-electron chi connectivity index (χ3n) is 4.82. The highest BCUT2D eigenvalue weighted by molar-refractivity contribution is 5.76. The van der Waals surface area contributed by atoms with E-state index < -0.39 is 0 Å². The van der Waals surface area contributed by atoms with Crippen LogP contribution in [0.5, 0.6) is 11.5 Å². The number of piperidine rings is 1. The van der Waals surface area contributed by atoms with Crippen LogP contribution in [0, 0.1) is 11.8 Å². The Kier molecular flexibility index (Phi) is 7.37. The smallest absolute Gasteiger partial charge is 0.222 e. The molecule has 0 saturated carbocycles. The molecule has 1 heterocycles. The average molecular weight is 334 g/mol. The second kappa shape index (κ2) is 9.52. The summed E-state index contributed by atoms with van der Waals surface area (Å²) in [5.41, 5.74) is 0. The molecule has 0 radical (unpaired) electrons. The molecule has 1 N–H and O–H groups in total. The molecule has 0 aromatic heterocycles. The third-order valence-corrected chi connectivity index (χ3v) is 4.82. The molecular weight excluding hydrogens is 304 g/mol. The number of amides is 1. The maximum atomic E-state index is 12.4. The number of nitrogens with zero attached hydrogens (tertiary/aromatic N) is 1. The summed E-state index contributed by atoms with van der Waals surface area (Å²) in [7, 11) is 3.49. The largest absolute Gasteiger partial charge is 0.497 e. The van der Waals surface area contributed by atoms with E-state index in [-0.39, 0.29) is 5.91 Å². The molecule has 2 rings (SSSR count). The van der Waals surface area contributed by atoms with Gasteiger partial charge >= 0.3 is 0 Å². The summed E-state index contributed by atoms with van der Waals surface area (Å²) >= 11 is 0. The zero-order chi connectivity index (χ0) is 17.4. The zero-order valence-electron chi connectivity index (χ0n) is 15.1. The minimum absolute atomic E-state index is 0.200. The zero-order valence-corrected chi connectivity index (χ0v) is 15.1. The van der Waals surface area contributed by atoms with E-state index in [1.807, 2.05) is 31.3 Å². The van der Waals surface area contributed by atoms with Crippen LogP contribution in [0.4, 0.5) is 0 Å². The Balaban J connectivity index is 1.68. The molecule has 2 unspecified atom stereocenters. The minimum atomic E-state index is 0.200. The topological polar surface area (TPSA) is 50.8 Å². The maximum Gasteiger partial charge on any atom is 0.222 e. The third kappa shape index (κ3) is 5.71. The molecule has 1 aromatic carbocycles. The molecule has 2 atom stereocenters. The predicted octanol–water partition coefficient (Wildman–Crippen LogP) is 2.56. The Morgan fingerprint density at radius 2 is 2.04 bits per heavy atom. The molecule has 1 aliphatic rings. The number of nitrogens with one attached hydrogen (secondary N) is 1. The molecule has 24 heavy (non-hydrogen) atoms. The van der Waals surface area contributed by atoms with Crippen molar-refractivity contribution >= 4 is 5.91 Å². The van der Waals surface area contributed by atoms with E-state index in [0.717, 1.165) is 24.6 Å². The summed E-state index contributed by atoms with van der Waals surface area (Å²) in [6.07, 6.45) is 3.06. The van der Waals surface area contributed by atoms with Crippen molar-refractivity contribution in [3.8, 4) is 11.5 Å². The molecule has 0 spiro atoms. The molecule has 1 fully saturated rings. The van der Waals surface area contributed by atoms with Crippen LogP contribution < -0.4 is 14.8 Å². The standard InChI is InChI=1S/C19H30N2O3/c1-15(16-5-4-10-20-14-16)13-19(22)21(2)11-12-24-18-8-6-17(23-3)7-9-18/h6-9,15-16,20H,4-5,10-14H2,1-3H3. The van der Waals surface area contributed by atoms with Gasteiger partial charge in [-0.25, -0.2) is 0 Å². The van der Waals surface area contributed by atoms with E-state index in [2.05, 4.69) is 12.2 Å². The lowest BCUT2D eigenvalue weighted by Gasteiger charge is -2.29. The van der Waals surface area contributed by atoms with Crippen LogP contribution in [0.1, 0.15) is 26.2 Å². The quantitative estimate of drug-likeness (QED) is 0.794. The number of carbonyl (C=O) groups excluding carboxylic acids is 1. The van der Waals surface area contributed by atoms with Crippen LogP contribution in [0.2, 0.25) is 0 Å². The van der Waals surface area contributed by atoms with Crippen molar-refractivity contribution in [2.75, 3.05) is 40.4 Å². The molecule has 5 nitrogen and oxygen atoms in total. The highest BCUT2D eigenvalue weighted by atomic mass is 16.5. The van der Waals surface area contributed by atoms with Crippen molar-refractivity contribution < 1.29 is 14.3 Å². The van der Waals surface area contributed by atoms with Crippen LogP contribution in [0.15, 0.2) is 24.3 Å². The first-order chi connectivity index (χ1) is 11.6. The Hall–Kier alpha value is -1.75. The monoisotopic (exact) mass is 334 g/mol. The lowest BCUT2D eigenvalue weighted by atomic mass is 9.85. The van der Waals surface area contributed by atoms with Gasteiger partial charge in [-0.2, -0.15) is 0 Å². The van der Waals surface area contributed by atoms with Crippen molar-refractivity contribution in [1.82, 2.24) is 10.2 Å². The summed E-state index contributed by atoms with van der Waals surface area (Å²) in [4.78, 5) is 14.1. The van der Waals surface area contributed by atoms with Gasteiger partial charge in [-0.1, -0.05) is 6.92 Å². The van der Waals surface area contributed by atoms with Gasteiger partial charge in [0.05, 0.1) is 13.7 Å². The number of rotatable bonds is 8. The van der Waals surface area contributed by atoms with Crippen LogP contribution >= 0.6 is 0 Å². The SMILES string of the molecule is COc1ccc(OCCN(C)C(=O)CC(C)C2CCCNC2)cc1. The van der Waals surface area contributed by atoms with Crippen molar-refractivity contribution in [1.29, 1.82) is 0 Å². The van der Waals surface area contributed by atoms with Crippen LogP contribution in [-0.4, -0.2) is 51.2 Å². The summed E-state index contributed by atoms with van der Waals surface area (Å²) in [5.74, 6) is 2.84. The van der Waals surface area contributed by atoms with Gasteiger partial charge in [-0.3, -0.25) is 4.79 Å². The van der Waals surface area contributed by atoms with Gasteiger partial charge in [0.1, 0.15) is 18.1 Å². The van der Waals surface area contributed by atoms with E-state index in [4.69, 9.17) is 9.47 Å². The summed E-state index contributed by atoms with van der Waals surface area (Å²) in [6, 6.07) is 7.48. The van der Waals surface area contributed by atoms with Gasteiger partial charge in [0.2, 0.25) is 5.91 Å². The lowest BCUT2D eigenvalue weighted by molar-refractivity contribution is -0.131. The number of ether oxygens (including phenoxy) is 2. The fourth-order valence-electron chi connectivity index (χ4n) is 3.06. The maximum absolute atomic E-state index is 12.4. The first kappa shape index (κ1) is 18.6. The van der Waals surface area contributed by atoms with Gasteiger partial charge in [-0.15, -0.1) is 0 Å². The summed E-state index contributed by atoms with van der Waals surface area (Å²) in [6.45, 7) is 5.43.